The minimum Gasteiger partial charge on any atom is -0.507 e. The molecule has 0 radical (unpaired) electrons. The number of aryl methyl sites for hydroxylation is 2. The van der Waals surface area contributed by atoms with Crippen molar-refractivity contribution in [1.82, 2.24) is 42.5 Å². The maximum Gasteiger partial charge on any atom is 0.121 e. The van der Waals surface area contributed by atoms with Crippen molar-refractivity contribution in [1.29, 1.82) is 0 Å². The molecule has 8 unspecified atom stereocenters. The summed E-state index contributed by atoms with van der Waals surface area (Å²) in [6.07, 6.45) is 25.6. The minimum absolute atomic E-state index is 0. The number of phenolic OH excluding ortho intramolecular Hbond substituents is 1. The van der Waals surface area contributed by atoms with Gasteiger partial charge in [-0.05, 0) is 124 Å². The van der Waals surface area contributed by atoms with Crippen LogP contribution in [0.1, 0.15) is 114 Å². The average molecular weight is 734 g/mol. The first-order chi connectivity index (χ1) is 24.0. The molecule has 0 spiro atoms. The van der Waals surface area contributed by atoms with Gasteiger partial charge in [0.05, 0.1) is 49.3 Å². The van der Waals surface area contributed by atoms with Crippen molar-refractivity contribution in [2.75, 3.05) is 0 Å². The minimum atomic E-state index is 0. The molecule has 1 aromatic carbocycles. The molecule has 5 saturated heterocycles. The van der Waals surface area contributed by atoms with Crippen molar-refractivity contribution in [3.8, 4) is 5.75 Å². The van der Waals surface area contributed by atoms with E-state index >= 15 is 0 Å². The molecule has 10 rings (SSSR count). The predicted octanol–water partition coefficient (Wildman–Crippen LogP) is 4.61. The molecule has 8 bridgehead atoms. The number of benzene rings is 1. The van der Waals surface area contributed by atoms with E-state index in [-0.39, 0.29) is 16.5 Å². The molecular formula is C40H66N8NiO. The van der Waals surface area contributed by atoms with Crippen LogP contribution in [0.3, 0.4) is 0 Å². The number of hydrogen-bond donors (Lipinski definition) is 9. The summed E-state index contributed by atoms with van der Waals surface area (Å²) in [7, 11) is 0. The maximum atomic E-state index is 9.21. The maximum absolute atomic E-state index is 9.21. The first-order valence-electron chi connectivity index (χ1n) is 20.9. The molecule has 8 atom stereocenters. The van der Waals surface area contributed by atoms with E-state index in [1.807, 2.05) is 32.0 Å². The molecule has 1 aromatic rings. The Morgan fingerprint density at radius 2 is 0.560 bits per heavy atom. The van der Waals surface area contributed by atoms with Gasteiger partial charge in [0.25, 0.3) is 0 Å². The zero-order valence-corrected chi connectivity index (χ0v) is 31.5. The Labute approximate surface area is 311 Å². The van der Waals surface area contributed by atoms with Crippen LogP contribution in [0.25, 0.3) is 0 Å². The van der Waals surface area contributed by atoms with Gasteiger partial charge in [0.1, 0.15) is 5.75 Å². The number of hydrogen-bond acceptors (Lipinski definition) is 9. The van der Waals surface area contributed by atoms with Crippen LogP contribution in [0, 0.1) is 61.2 Å². The second-order valence-electron chi connectivity index (χ2n) is 17.8. The van der Waals surface area contributed by atoms with E-state index in [0.717, 1.165) is 58.5 Å². The van der Waals surface area contributed by atoms with E-state index in [4.69, 9.17) is 0 Å². The Bertz CT molecular complexity index is 1080. The molecule has 9 N–H and O–H groups in total. The average Bonchev–Trinajstić information content (AvgIpc) is 3.87. The zero-order chi connectivity index (χ0) is 33.1. The fraction of sp³-hybridized carbons (Fsp3) is 0.850. The van der Waals surface area contributed by atoms with Crippen molar-refractivity contribution in [3.05, 3.63) is 29.3 Å². The third-order valence-corrected chi connectivity index (χ3v) is 15.2. The normalized spacial score (nSPS) is 47.8. The SMILES string of the molecule is C1CCC2C3NC(NC4NC(NC5NC(NC6NC(N3)C3CCCCC63)C3CCCCC53)C3CCCCC43)C2C1.Cc1cccc(C)c1O.[Ni]. The van der Waals surface area contributed by atoms with Gasteiger partial charge in [-0.3, -0.25) is 42.5 Å². The number of fused-ring (bicyclic) bond motifs is 20. The monoisotopic (exact) mass is 732 g/mol. The van der Waals surface area contributed by atoms with Gasteiger partial charge in [0, 0.05) is 16.5 Å². The van der Waals surface area contributed by atoms with E-state index in [1.165, 1.54) is 103 Å². The topological polar surface area (TPSA) is 116 Å². The number of aromatic hydroxyl groups is 1. The van der Waals surface area contributed by atoms with Gasteiger partial charge in [-0.2, -0.15) is 0 Å². The molecule has 9 aliphatic rings. The Kier molecular flexibility index (Phi) is 11.2. The van der Waals surface area contributed by atoms with Crippen molar-refractivity contribution in [2.24, 2.45) is 47.3 Å². The van der Waals surface area contributed by atoms with Crippen LogP contribution < -0.4 is 42.5 Å². The molecular weight excluding hydrogens is 667 g/mol. The summed E-state index contributed by atoms with van der Waals surface area (Å²) >= 11 is 0. The van der Waals surface area contributed by atoms with Crippen LogP contribution in [0.15, 0.2) is 18.2 Å². The first-order valence-corrected chi connectivity index (χ1v) is 20.9. The summed E-state index contributed by atoms with van der Waals surface area (Å²) in [4.78, 5) is 0. The molecule has 4 aliphatic carbocycles. The van der Waals surface area contributed by atoms with E-state index in [2.05, 4.69) is 42.5 Å². The van der Waals surface area contributed by atoms with Gasteiger partial charge in [-0.1, -0.05) is 69.6 Å². The summed E-state index contributed by atoms with van der Waals surface area (Å²) in [5.74, 6) is 6.38. The van der Waals surface area contributed by atoms with Crippen molar-refractivity contribution in [3.63, 3.8) is 0 Å². The van der Waals surface area contributed by atoms with Crippen molar-refractivity contribution >= 4 is 0 Å². The Balaban J connectivity index is 0.000000318. The predicted molar refractivity (Wildman–Crippen MR) is 195 cm³/mol. The molecule has 9 nitrogen and oxygen atoms in total. The quantitative estimate of drug-likeness (QED) is 0.177. The largest absolute Gasteiger partial charge is 0.507 e. The Morgan fingerprint density at radius 3 is 0.720 bits per heavy atom. The Hall–Kier alpha value is -0.806. The zero-order valence-electron chi connectivity index (χ0n) is 30.5. The third-order valence-electron chi connectivity index (χ3n) is 15.2. The summed E-state index contributed by atoms with van der Waals surface area (Å²) in [6.45, 7) is 3.78. The molecule has 4 saturated carbocycles. The van der Waals surface area contributed by atoms with Crippen LogP contribution >= 0.6 is 0 Å². The second kappa shape index (κ2) is 15.5. The van der Waals surface area contributed by atoms with E-state index in [1.54, 1.807) is 0 Å². The van der Waals surface area contributed by atoms with Gasteiger partial charge in [-0.15, -0.1) is 0 Å². The van der Waals surface area contributed by atoms with Gasteiger partial charge >= 0.3 is 0 Å². The van der Waals surface area contributed by atoms with Crippen LogP contribution in [-0.4, -0.2) is 54.4 Å². The van der Waals surface area contributed by atoms with Gasteiger partial charge in [0.15, 0.2) is 0 Å². The molecule has 9 fully saturated rings. The van der Waals surface area contributed by atoms with Crippen LogP contribution in [-0.2, 0) is 16.5 Å². The van der Waals surface area contributed by atoms with E-state index in [9.17, 15) is 5.11 Å². The van der Waals surface area contributed by atoms with E-state index in [0.29, 0.717) is 55.1 Å². The third kappa shape index (κ3) is 6.86. The van der Waals surface area contributed by atoms with Crippen molar-refractivity contribution < 1.29 is 21.6 Å². The Morgan fingerprint density at radius 1 is 0.380 bits per heavy atom. The summed E-state index contributed by atoms with van der Waals surface area (Å²) in [6, 6.07) is 5.72. The van der Waals surface area contributed by atoms with Gasteiger partial charge in [-0.25, -0.2) is 0 Å². The standard InChI is InChI=1S/C32H56N8.C8H10O.Ni/c1-2-10-18-17(9-1)25-33-26(18)38-28-21-13-5-6-14-22(21)30(35-28)40-32-24-16-8-7-15-23(24)31(36-32)39-29-20-12-4-3-11-19(20)27(34-29)37-25;1-6-4-3-5-7(2)8(6)9;/h17-40H,1-16H2;3-5,9H,1-2H3;. The number of phenols is 1. The molecule has 10 heteroatoms. The fourth-order valence-corrected chi connectivity index (χ4v) is 12.8. The van der Waals surface area contributed by atoms with E-state index < -0.39 is 0 Å². The van der Waals surface area contributed by atoms with Crippen LogP contribution in [0.5, 0.6) is 5.75 Å². The van der Waals surface area contributed by atoms with Crippen LogP contribution in [0.2, 0.25) is 0 Å². The fourth-order valence-electron chi connectivity index (χ4n) is 12.8. The smallest absolute Gasteiger partial charge is 0.121 e. The summed E-state index contributed by atoms with van der Waals surface area (Å²) in [5, 5.41) is 43.0. The summed E-state index contributed by atoms with van der Waals surface area (Å²) in [5.41, 5.74) is 1.88. The van der Waals surface area contributed by atoms with Crippen LogP contribution in [0.4, 0.5) is 0 Å². The summed E-state index contributed by atoms with van der Waals surface area (Å²) < 4.78 is 0. The molecule has 0 aromatic heterocycles. The number of nitrogens with one attached hydrogen (secondary N) is 8. The molecule has 50 heavy (non-hydrogen) atoms. The first kappa shape index (κ1) is 36.2. The molecule has 0 amide bonds. The number of para-hydroxylation sites is 1. The number of rotatable bonds is 0. The molecule has 5 heterocycles. The second-order valence-corrected chi connectivity index (χ2v) is 17.8. The molecule has 282 valence electrons. The van der Waals surface area contributed by atoms with Crippen molar-refractivity contribution in [2.45, 2.75) is 166 Å². The van der Waals surface area contributed by atoms with Gasteiger partial charge < -0.3 is 5.11 Å². The van der Waals surface area contributed by atoms with Gasteiger partial charge in [0.2, 0.25) is 0 Å². The molecule has 5 aliphatic heterocycles.